The lowest BCUT2D eigenvalue weighted by Gasteiger charge is -2.22. The number of nitrogen functional groups attached to an aromatic ring is 1. The van der Waals surface area contributed by atoms with Crippen LogP contribution in [-0.2, 0) is 11.8 Å². The molecule has 82 valence electrons. The van der Waals surface area contributed by atoms with Gasteiger partial charge in [0.1, 0.15) is 5.82 Å². The maximum absolute atomic E-state index is 13.5. The molecule has 15 heavy (non-hydrogen) atoms. The van der Waals surface area contributed by atoms with Crippen LogP contribution in [0, 0.1) is 5.82 Å². The predicted octanol–water partition coefficient (Wildman–Crippen LogP) is 3.43. The summed E-state index contributed by atoms with van der Waals surface area (Å²) in [6.45, 7) is 9.74. The molecule has 1 aromatic rings. The molecule has 0 aliphatic carbocycles. The summed E-state index contributed by atoms with van der Waals surface area (Å²) in [5.74, 6) is -0.334. The van der Waals surface area contributed by atoms with Gasteiger partial charge < -0.3 is 5.73 Å². The summed E-state index contributed by atoms with van der Waals surface area (Å²) < 4.78 is 13.5. The number of rotatable bonds is 3. The van der Waals surface area contributed by atoms with Crippen molar-refractivity contribution in [3.8, 4) is 0 Å². The van der Waals surface area contributed by atoms with E-state index in [-0.39, 0.29) is 16.9 Å². The maximum Gasteiger partial charge on any atom is 0.146 e. The minimum atomic E-state index is -0.334. The Morgan fingerprint density at radius 2 is 2.07 bits per heavy atom. The first-order chi connectivity index (χ1) is 6.92. The lowest BCUT2D eigenvalue weighted by Crippen LogP contribution is -2.14. The molecular weight excluding hydrogens is 189 g/mol. The van der Waals surface area contributed by atoms with Gasteiger partial charge in [-0.1, -0.05) is 32.9 Å². The molecule has 0 radical (unpaired) electrons. The standard InChI is InChI=1S/C13H18FN/c1-5-9-7-10(13(3,4)6-2)8-11(14)12(9)15/h6-8H,2,5,15H2,1,3-4H3. The van der Waals surface area contributed by atoms with Crippen molar-refractivity contribution < 1.29 is 4.39 Å². The highest BCUT2D eigenvalue weighted by Crippen LogP contribution is 2.29. The molecule has 1 nitrogen and oxygen atoms in total. The Labute approximate surface area is 90.8 Å². The van der Waals surface area contributed by atoms with E-state index in [9.17, 15) is 4.39 Å². The molecule has 0 saturated carbocycles. The molecular formula is C13H18FN. The summed E-state index contributed by atoms with van der Waals surface area (Å²) in [5.41, 5.74) is 7.47. The highest BCUT2D eigenvalue weighted by molar-refractivity contribution is 5.51. The SMILES string of the molecule is C=CC(C)(C)c1cc(F)c(N)c(CC)c1. The molecule has 0 aliphatic rings. The average Bonchev–Trinajstić information content (AvgIpc) is 2.21. The molecule has 0 heterocycles. The lowest BCUT2D eigenvalue weighted by molar-refractivity contribution is 0.611. The Hall–Kier alpha value is -1.31. The fraction of sp³-hybridized carbons (Fsp3) is 0.385. The fourth-order valence-corrected chi connectivity index (χ4v) is 1.46. The van der Waals surface area contributed by atoms with Gasteiger partial charge in [-0.25, -0.2) is 4.39 Å². The van der Waals surface area contributed by atoms with Gasteiger partial charge in [0.25, 0.3) is 0 Å². The molecule has 0 aliphatic heterocycles. The van der Waals surface area contributed by atoms with Crippen LogP contribution in [0.15, 0.2) is 24.8 Å². The van der Waals surface area contributed by atoms with E-state index in [0.29, 0.717) is 0 Å². The predicted molar refractivity (Wildman–Crippen MR) is 63.4 cm³/mol. The molecule has 0 atom stereocenters. The van der Waals surface area contributed by atoms with E-state index in [1.54, 1.807) is 0 Å². The van der Waals surface area contributed by atoms with E-state index in [1.165, 1.54) is 6.07 Å². The molecule has 1 rings (SSSR count). The summed E-state index contributed by atoms with van der Waals surface area (Å²) in [6, 6.07) is 3.45. The van der Waals surface area contributed by atoms with Crippen molar-refractivity contribution in [3.05, 3.63) is 41.7 Å². The van der Waals surface area contributed by atoms with Gasteiger partial charge in [0.2, 0.25) is 0 Å². The summed E-state index contributed by atoms with van der Waals surface area (Å²) >= 11 is 0. The van der Waals surface area contributed by atoms with Crippen molar-refractivity contribution in [1.29, 1.82) is 0 Å². The molecule has 0 saturated heterocycles. The summed E-state index contributed by atoms with van der Waals surface area (Å²) in [6.07, 6.45) is 2.56. The second kappa shape index (κ2) is 4.05. The number of anilines is 1. The van der Waals surface area contributed by atoms with Crippen molar-refractivity contribution in [2.24, 2.45) is 0 Å². The third-order valence-electron chi connectivity index (χ3n) is 2.85. The Bertz CT molecular complexity index is 380. The lowest BCUT2D eigenvalue weighted by atomic mass is 9.83. The summed E-state index contributed by atoms with van der Waals surface area (Å²) in [4.78, 5) is 0. The highest BCUT2D eigenvalue weighted by Gasteiger charge is 2.19. The van der Waals surface area contributed by atoms with Gasteiger partial charge in [-0.3, -0.25) is 0 Å². The third kappa shape index (κ3) is 2.20. The van der Waals surface area contributed by atoms with Crippen molar-refractivity contribution >= 4 is 5.69 Å². The third-order valence-corrected chi connectivity index (χ3v) is 2.85. The zero-order chi connectivity index (χ0) is 11.6. The number of benzene rings is 1. The van der Waals surface area contributed by atoms with Crippen LogP contribution in [0.25, 0.3) is 0 Å². The molecule has 2 N–H and O–H groups in total. The topological polar surface area (TPSA) is 26.0 Å². The van der Waals surface area contributed by atoms with Crippen LogP contribution in [0.3, 0.4) is 0 Å². The molecule has 0 bridgehead atoms. The Morgan fingerprint density at radius 3 is 2.53 bits per heavy atom. The van der Waals surface area contributed by atoms with Crippen LogP contribution < -0.4 is 5.73 Å². The van der Waals surface area contributed by atoms with Gasteiger partial charge in [0.15, 0.2) is 0 Å². The largest absolute Gasteiger partial charge is 0.396 e. The minimum absolute atomic E-state index is 0.224. The van der Waals surface area contributed by atoms with E-state index in [4.69, 9.17) is 5.73 Å². The van der Waals surface area contributed by atoms with Crippen LogP contribution in [0.2, 0.25) is 0 Å². The van der Waals surface area contributed by atoms with Crippen molar-refractivity contribution in [2.45, 2.75) is 32.6 Å². The monoisotopic (exact) mass is 207 g/mol. The maximum atomic E-state index is 13.5. The van der Waals surface area contributed by atoms with E-state index in [1.807, 2.05) is 32.9 Å². The number of aryl methyl sites for hydroxylation is 1. The number of nitrogens with two attached hydrogens (primary N) is 1. The van der Waals surface area contributed by atoms with Gasteiger partial charge in [0, 0.05) is 5.41 Å². The van der Waals surface area contributed by atoms with Gasteiger partial charge in [-0.15, -0.1) is 6.58 Å². The normalized spacial score (nSPS) is 11.5. The Kier molecular flexibility index (Phi) is 3.18. The van der Waals surface area contributed by atoms with Crippen LogP contribution in [0.4, 0.5) is 10.1 Å². The second-order valence-corrected chi connectivity index (χ2v) is 4.31. The minimum Gasteiger partial charge on any atom is -0.396 e. The first kappa shape index (κ1) is 11.8. The Morgan fingerprint density at radius 1 is 1.47 bits per heavy atom. The first-order valence-corrected chi connectivity index (χ1v) is 5.14. The van der Waals surface area contributed by atoms with Crippen molar-refractivity contribution in [3.63, 3.8) is 0 Å². The molecule has 0 amide bonds. The van der Waals surface area contributed by atoms with Crippen molar-refractivity contribution in [2.75, 3.05) is 5.73 Å². The van der Waals surface area contributed by atoms with Gasteiger partial charge in [0.05, 0.1) is 5.69 Å². The quantitative estimate of drug-likeness (QED) is 0.596. The second-order valence-electron chi connectivity index (χ2n) is 4.31. The van der Waals surface area contributed by atoms with E-state index >= 15 is 0 Å². The number of allylic oxidation sites excluding steroid dienone is 1. The molecule has 1 aromatic carbocycles. The van der Waals surface area contributed by atoms with E-state index in [0.717, 1.165) is 17.5 Å². The molecule has 0 fully saturated rings. The van der Waals surface area contributed by atoms with E-state index < -0.39 is 0 Å². The molecule has 0 aromatic heterocycles. The van der Waals surface area contributed by atoms with Gasteiger partial charge in [-0.05, 0) is 23.6 Å². The molecule has 2 heteroatoms. The number of hydrogen-bond acceptors (Lipinski definition) is 1. The Balaban J connectivity index is 3.34. The van der Waals surface area contributed by atoms with Crippen LogP contribution >= 0.6 is 0 Å². The number of hydrogen-bond donors (Lipinski definition) is 1. The zero-order valence-electron chi connectivity index (χ0n) is 9.60. The summed E-state index contributed by atoms with van der Waals surface area (Å²) in [7, 11) is 0. The highest BCUT2D eigenvalue weighted by atomic mass is 19.1. The first-order valence-electron chi connectivity index (χ1n) is 5.14. The van der Waals surface area contributed by atoms with Gasteiger partial charge >= 0.3 is 0 Å². The van der Waals surface area contributed by atoms with Crippen LogP contribution in [-0.4, -0.2) is 0 Å². The van der Waals surface area contributed by atoms with Crippen LogP contribution in [0.5, 0.6) is 0 Å². The number of halogens is 1. The molecule has 0 spiro atoms. The fourth-order valence-electron chi connectivity index (χ4n) is 1.46. The summed E-state index contributed by atoms with van der Waals surface area (Å²) in [5, 5.41) is 0. The molecule has 0 unspecified atom stereocenters. The smallest absolute Gasteiger partial charge is 0.146 e. The van der Waals surface area contributed by atoms with E-state index in [2.05, 4.69) is 6.58 Å². The average molecular weight is 207 g/mol. The zero-order valence-corrected chi connectivity index (χ0v) is 9.60. The van der Waals surface area contributed by atoms with Crippen LogP contribution in [0.1, 0.15) is 31.9 Å². The van der Waals surface area contributed by atoms with Crippen molar-refractivity contribution in [1.82, 2.24) is 0 Å². The van der Waals surface area contributed by atoms with Gasteiger partial charge in [-0.2, -0.15) is 0 Å².